The van der Waals surface area contributed by atoms with E-state index in [2.05, 4.69) is 10.3 Å². The molecule has 1 aromatic heterocycles. The molecule has 0 bridgehead atoms. The van der Waals surface area contributed by atoms with Crippen LogP contribution in [0.3, 0.4) is 0 Å². The lowest BCUT2D eigenvalue weighted by atomic mass is 10.1. The molecule has 0 saturated carbocycles. The third-order valence-corrected chi connectivity index (χ3v) is 6.33. The number of thiazole rings is 1. The van der Waals surface area contributed by atoms with Crippen LogP contribution in [0.5, 0.6) is 0 Å². The van der Waals surface area contributed by atoms with Gasteiger partial charge in [0.05, 0.1) is 11.0 Å². The molecule has 3 rings (SSSR count). The van der Waals surface area contributed by atoms with Gasteiger partial charge in [-0.05, 0) is 37.1 Å². The Labute approximate surface area is 144 Å². The largest absolute Gasteiger partial charge is 0.392 e. The van der Waals surface area contributed by atoms with Crippen molar-refractivity contribution in [2.45, 2.75) is 23.8 Å². The van der Waals surface area contributed by atoms with Crippen molar-refractivity contribution in [1.29, 1.82) is 0 Å². The van der Waals surface area contributed by atoms with Gasteiger partial charge in [0.1, 0.15) is 0 Å². The molecule has 1 fully saturated rings. The fraction of sp³-hybridized carbons (Fsp3) is 0.333. The second kappa shape index (κ2) is 6.98. The first kappa shape index (κ1) is 17.0. The van der Waals surface area contributed by atoms with Gasteiger partial charge in [-0.25, -0.2) is 13.4 Å². The Bertz CT molecular complexity index is 804. The lowest BCUT2D eigenvalue weighted by Crippen LogP contribution is -2.42. The minimum atomic E-state index is -3.66. The summed E-state index contributed by atoms with van der Waals surface area (Å²) in [4.78, 5) is 16.2. The van der Waals surface area contributed by atoms with Crippen LogP contribution in [0.25, 0.3) is 0 Å². The minimum Gasteiger partial charge on any atom is -0.392 e. The molecule has 1 amide bonds. The highest BCUT2D eigenvalue weighted by Gasteiger charge is 2.29. The van der Waals surface area contributed by atoms with Gasteiger partial charge in [-0.15, -0.1) is 11.3 Å². The van der Waals surface area contributed by atoms with Gasteiger partial charge in [-0.2, -0.15) is 4.31 Å². The van der Waals surface area contributed by atoms with Crippen LogP contribution >= 0.6 is 11.3 Å². The van der Waals surface area contributed by atoms with Crippen LogP contribution in [-0.2, 0) is 10.0 Å². The number of amides is 1. The number of sulfonamides is 1. The number of carbonyl (C=O) groups is 1. The Kier molecular flexibility index (Phi) is 4.95. The molecule has 0 radical (unpaired) electrons. The maximum Gasteiger partial charge on any atom is 0.257 e. The summed E-state index contributed by atoms with van der Waals surface area (Å²) in [6.45, 7) is 0.500. The van der Waals surface area contributed by atoms with Crippen LogP contribution in [0.15, 0.2) is 40.7 Å². The molecule has 1 atom stereocenters. The van der Waals surface area contributed by atoms with Crippen LogP contribution in [0.1, 0.15) is 23.2 Å². The fourth-order valence-corrected chi connectivity index (χ4v) is 4.56. The number of aliphatic hydroxyl groups excluding tert-OH is 1. The Hall–Kier alpha value is -1.81. The second-order valence-corrected chi connectivity index (χ2v) is 8.31. The monoisotopic (exact) mass is 367 g/mol. The molecule has 0 unspecified atom stereocenters. The first-order valence-corrected chi connectivity index (χ1v) is 9.78. The topological polar surface area (TPSA) is 99.6 Å². The van der Waals surface area contributed by atoms with E-state index < -0.39 is 16.1 Å². The summed E-state index contributed by atoms with van der Waals surface area (Å²) in [5.74, 6) is -0.345. The highest BCUT2D eigenvalue weighted by molar-refractivity contribution is 7.89. The maximum absolute atomic E-state index is 12.6. The van der Waals surface area contributed by atoms with E-state index in [9.17, 15) is 18.3 Å². The van der Waals surface area contributed by atoms with Gasteiger partial charge in [0.2, 0.25) is 10.0 Å². The molecule has 128 valence electrons. The molecule has 0 spiro atoms. The zero-order valence-corrected chi connectivity index (χ0v) is 14.4. The van der Waals surface area contributed by atoms with E-state index in [0.717, 1.165) is 0 Å². The van der Waals surface area contributed by atoms with Crippen molar-refractivity contribution >= 4 is 32.4 Å². The number of hydrogen-bond donors (Lipinski definition) is 2. The van der Waals surface area contributed by atoms with Crippen molar-refractivity contribution in [1.82, 2.24) is 9.29 Å². The van der Waals surface area contributed by atoms with Gasteiger partial charge < -0.3 is 5.11 Å². The van der Waals surface area contributed by atoms with Crippen molar-refractivity contribution < 1.29 is 18.3 Å². The average Bonchev–Trinajstić information content (AvgIpc) is 3.08. The maximum atomic E-state index is 12.6. The van der Waals surface area contributed by atoms with Crippen LogP contribution in [0.4, 0.5) is 5.13 Å². The third kappa shape index (κ3) is 3.64. The van der Waals surface area contributed by atoms with Crippen LogP contribution < -0.4 is 5.32 Å². The van der Waals surface area contributed by atoms with Crippen molar-refractivity contribution in [3.63, 3.8) is 0 Å². The number of piperidine rings is 1. The van der Waals surface area contributed by atoms with Crippen LogP contribution in [0.2, 0.25) is 0 Å². The van der Waals surface area contributed by atoms with Crippen molar-refractivity contribution in [3.8, 4) is 0 Å². The van der Waals surface area contributed by atoms with Gasteiger partial charge in [0, 0.05) is 30.2 Å². The van der Waals surface area contributed by atoms with E-state index in [4.69, 9.17) is 0 Å². The number of rotatable bonds is 4. The van der Waals surface area contributed by atoms with Crippen molar-refractivity contribution in [2.24, 2.45) is 0 Å². The predicted octanol–water partition coefficient (Wildman–Crippen LogP) is 1.54. The first-order valence-electron chi connectivity index (χ1n) is 7.46. The number of benzene rings is 1. The molecule has 1 aliphatic rings. The molecular weight excluding hydrogens is 350 g/mol. The van der Waals surface area contributed by atoms with E-state index in [-0.39, 0.29) is 17.3 Å². The quantitative estimate of drug-likeness (QED) is 0.854. The van der Waals surface area contributed by atoms with E-state index in [1.807, 2.05) is 0 Å². The lowest BCUT2D eigenvalue weighted by molar-refractivity contribution is 0.102. The molecule has 1 aliphatic heterocycles. The van der Waals surface area contributed by atoms with Crippen molar-refractivity contribution in [2.75, 3.05) is 18.4 Å². The molecule has 0 aliphatic carbocycles. The Morgan fingerprint density at radius 1 is 1.33 bits per heavy atom. The van der Waals surface area contributed by atoms with Gasteiger partial charge in [0.15, 0.2) is 5.13 Å². The molecule has 2 N–H and O–H groups in total. The molecule has 2 aromatic rings. The molecule has 1 aromatic carbocycles. The predicted molar refractivity (Wildman–Crippen MR) is 90.5 cm³/mol. The number of nitrogens with zero attached hydrogens (tertiary/aromatic N) is 2. The number of carbonyl (C=O) groups excluding carboxylic acids is 1. The molecular formula is C15H17N3O4S2. The number of nitrogens with one attached hydrogen (secondary N) is 1. The molecule has 7 nitrogen and oxygen atoms in total. The summed E-state index contributed by atoms with van der Waals surface area (Å²) in [5.41, 5.74) is 0.350. The summed E-state index contributed by atoms with van der Waals surface area (Å²) in [5, 5.41) is 14.5. The lowest BCUT2D eigenvalue weighted by Gasteiger charge is -2.29. The summed E-state index contributed by atoms with van der Waals surface area (Å²) in [7, 11) is -3.66. The highest BCUT2D eigenvalue weighted by Crippen LogP contribution is 2.21. The average molecular weight is 367 g/mol. The smallest absolute Gasteiger partial charge is 0.257 e. The summed E-state index contributed by atoms with van der Waals surface area (Å²) in [6, 6.07) is 5.76. The standard InChI is InChI=1S/C15H17N3O4S2/c19-12-2-1-8-18(10-12)24(21,22)13-5-3-11(4-6-13)14(20)17-15-16-7-9-23-15/h3-7,9,12,19H,1-2,8,10H2,(H,16,17,20)/t12-/m0/s1. The Morgan fingerprint density at radius 3 is 2.71 bits per heavy atom. The minimum absolute atomic E-state index is 0.106. The third-order valence-electron chi connectivity index (χ3n) is 3.77. The Balaban J connectivity index is 1.75. The molecule has 24 heavy (non-hydrogen) atoms. The number of hydrogen-bond acceptors (Lipinski definition) is 6. The zero-order valence-electron chi connectivity index (χ0n) is 12.8. The molecule has 1 saturated heterocycles. The van der Waals surface area contributed by atoms with E-state index in [1.54, 1.807) is 11.6 Å². The first-order chi connectivity index (χ1) is 11.5. The molecule has 2 heterocycles. The zero-order chi connectivity index (χ0) is 17.2. The summed E-state index contributed by atoms with van der Waals surface area (Å²) >= 11 is 1.30. The van der Waals surface area contributed by atoms with Gasteiger partial charge in [-0.3, -0.25) is 10.1 Å². The normalized spacial score (nSPS) is 19.1. The number of aliphatic hydroxyl groups is 1. The number of β-amino-alcohol motifs (C(OH)–C–C–N with tert-alkyl or cyclic N) is 1. The SMILES string of the molecule is O=C(Nc1nccs1)c1ccc(S(=O)(=O)N2CCC[C@H](O)C2)cc1. The second-order valence-electron chi connectivity index (χ2n) is 5.47. The van der Waals surface area contributed by atoms with Crippen molar-refractivity contribution in [3.05, 3.63) is 41.4 Å². The van der Waals surface area contributed by atoms with E-state index in [1.165, 1.54) is 39.9 Å². The van der Waals surface area contributed by atoms with Gasteiger partial charge >= 0.3 is 0 Å². The van der Waals surface area contributed by atoms with Gasteiger partial charge in [0.25, 0.3) is 5.91 Å². The fourth-order valence-electron chi connectivity index (χ4n) is 2.52. The summed E-state index contributed by atoms with van der Waals surface area (Å²) in [6.07, 6.45) is 2.21. The number of anilines is 1. The van der Waals surface area contributed by atoms with Crippen LogP contribution in [0, 0.1) is 0 Å². The van der Waals surface area contributed by atoms with Gasteiger partial charge in [-0.1, -0.05) is 0 Å². The van der Waals surface area contributed by atoms with Crippen LogP contribution in [-0.4, -0.2) is 47.9 Å². The van der Waals surface area contributed by atoms with E-state index >= 15 is 0 Å². The number of aromatic nitrogens is 1. The highest BCUT2D eigenvalue weighted by atomic mass is 32.2. The van der Waals surface area contributed by atoms with E-state index in [0.29, 0.717) is 30.1 Å². The Morgan fingerprint density at radius 2 is 2.08 bits per heavy atom. The molecule has 9 heteroatoms. The summed E-state index contributed by atoms with van der Waals surface area (Å²) < 4.78 is 26.4.